The number of hydrogen-bond acceptors (Lipinski definition) is 5. The summed E-state index contributed by atoms with van der Waals surface area (Å²) >= 11 is 0. The molecule has 1 amide bonds. The van der Waals surface area contributed by atoms with E-state index in [9.17, 15) is 4.79 Å². The highest BCUT2D eigenvalue weighted by Crippen LogP contribution is 2.38. The van der Waals surface area contributed by atoms with Crippen molar-refractivity contribution in [3.63, 3.8) is 0 Å². The number of carbonyl (C=O) groups is 1. The highest BCUT2D eigenvalue weighted by atomic mass is 16.2. The number of aromatic nitrogens is 1. The van der Waals surface area contributed by atoms with Gasteiger partial charge in [-0.1, -0.05) is 13.0 Å². The molecule has 6 nitrogen and oxygen atoms in total. The highest BCUT2D eigenvalue weighted by molar-refractivity contribution is 5.79. The lowest BCUT2D eigenvalue weighted by molar-refractivity contribution is -0.134. The molecule has 3 unspecified atom stereocenters. The number of amides is 1. The second-order valence-corrected chi connectivity index (χ2v) is 7.63. The minimum atomic E-state index is -0.000185. The number of carbonyl (C=O) groups excluding carboxylic acids is 1. The summed E-state index contributed by atoms with van der Waals surface area (Å²) in [7, 11) is 3.68. The Morgan fingerprint density at radius 3 is 3.00 bits per heavy atom. The molecule has 132 valence electrons. The molecule has 0 aliphatic carbocycles. The summed E-state index contributed by atoms with van der Waals surface area (Å²) in [5, 5.41) is 0. The Bertz CT molecular complexity index is 564. The third-order valence-electron chi connectivity index (χ3n) is 5.41. The summed E-state index contributed by atoms with van der Waals surface area (Å²) in [5.41, 5.74) is 7.80. The van der Waals surface area contributed by atoms with Crippen LogP contribution in [-0.4, -0.2) is 60.5 Å². The lowest BCUT2D eigenvalue weighted by Crippen LogP contribution is -2.55. The van der Waals surface area contributed by atoms with E-state index in [1.807, 2.05) is 32.4 Å². The Balaban J connectivity index is 1.70. The second kappa shape index (κ2) is 7.17. The molecule has 0 aromatic carbocycles. The van der Waals surface area contributed by atoms with Crippen LogP contribution in [0.3, 0.4) is 0 Å². The van der Waals surface area contributed by atoms with Crippen LogP contribution in [0, 0.1) is 11.3 Å². The predicted octanol–water partition coefficient (Wildman–Crippen LogP) is 0.865. The van der Waals surface area contributed by atoms with E-state index in [1.165, 1.54) is 0 Å². The van der Waals surface area contributed by atoms with E-state index in [-0.39, 0.29) is 23.3 Å². The Morgan fingerprint density at radius 2 is 2.29 bits per heavy atom. The topological polar surface area (TPSA) is 60.5 Å². The van der Waals surface area contributed by atoms with Crippen molar-refractivity contribution in [2.45, 2.75) is 32.4 Å². The van der Waals surface area contributed by atoms with Crippen molar-refractivity contribution in [3.8, 4) is 0 Å². The van der Waals surface area contributed by atoms with Crippen LogP contribution in [-0.2, 0) is 11.3 Å². The first-order valence-electron chi connectivity index (χ1n) is 8.81. The van der Waals surface area contributed by atoms with Gasteiger partial charge >= 0.3 is 0 Å². The third kappa shape index (κ3) is 3.61. The first-order chi connectivity index (χ1) is 11.5. The van der Waals surface area contributed by atoms with E-state index in [1.54, 1.807) is 4.90 Å². The highest BCUT2D eigenvalue weighted by Gasteiger charge is 2.47. The van der Waals surface area contributed by atoms with Gasteiger partial charge in [0.15, 0.2) is 0 Å². The summed E-state index contributed by atoms with van der Waals surface area (Å²) in [6.07, 6.45) is 4.15. The Labute approximate surface area is 144 Å². The van der Waals surface area contributed by atoms with Gasteiger partial charge in [0.1, 0.15) is 0 Å². The molecule has 3 atom stereocenters. The molecule has 0 bridgehead atoms. The van der Waals surface area contributed by atoms with Gasteiger partial charge in [-0.05, 0) is 36.9 Å². The Hall–Kier alpha value is -1.50. The molecular weight excluding hydrogens is 302 g/mol. The smallest absolute Gasteiger partial charge is 0.228 e. The van der Waals surface area contributed by atoms with Crippen LogP contribution in [0.25, 0.3) is 0 Å². The van der Waals surface area contributed by atoms with Crippen molar-refractivity contribution in [1.82, 2.24) is 25.6 Å². The zero-order valence-corrected chi connectivity index (χ0v) is 15.0. The molecule has 6 heteroatoms. The number of hydrogen-bond donors (Lipinski definition) is 2. The lowest BCUT2D eigenvalue weighted by atomic mass is 9.71. The summed E-state index contributed by atoms with van der Waals surface area (Å²) in [6, 6.07) is 6.24. The maximum Gasteiger partial charge on any atom is 0.228 e. The lowest BCUT2D eigenvalue weighted by Gasteiger charge is -2.45. The van der Waals surface area contributed by atoms with E-state index < -0.39 is 0 Å². The SMILES string of the molecule is CN(C)C(=O)C1CNNC1C1(C)CCCN(Cc2ccccn2)C1. The van der Waals surface area contributed by atoms with Crippen LogP contribution in [0.4, 0.5) is 0 Å². The van der Waals surface area contributed by atoms with Crippen molar-refractivity contribution in [2.75, 3.05) is 33.7 Å². The van der Waals surface area contributed by atoms with Crippen LogP contribution < -0.4 is 10.9 Å². The summed E-state index contributed by atoms with van der Waals surface area (Å²) in [4.78, 5) is 21.2. The molecule has 0 saturated carbocycles. The molecule has 2 fully saturated rings. The molecule has 2 aliphatic heterocycles. The Kier molecular flexibility index (Phi) is 5.18. The van der Waals surface area contributed by atoms with Crippen molar-refractivity contribution < 1.29 is 4.79 Å². The molecular formula is C18H29N5O. The van der Waals surface area contributed by atoms with Gasteiger partial charge in [-0.25, -0.2) is 0 Å². The average molecular weight is 331 g/mol. The monoisotopic (exact) mass is 331 g/mol. The van der Waals surface area contributed by atoms with Crippen LogP contribution in [0.1, 0.15) is 25.5 Å². The zero-order chi connectivity index (χ0) is 17.2. The maximum absolute atomic E-state index is 12.5. The molecule has 3 rings (SSSR count). The van der Waals surface area contributed by atoms with Crippen molar-refractivity contribution >= 4 is 5.91 Å². The van der Waals surface area contributed by atoms with Gasteiger partial charge in [-0.15, -0.1) is 0 Å². The fraction of sp³-hybridized carbons (Fsp3) is 0.667. The molecule has 2 saturated heterocycles. The average Bonchev–Trinajstić information content (AvgIpc) is 3.05. The molecule has 0 radical (unpaired) electrons. The zero-order valence-electron chi connectivity index (χ0n) is 15.0. The fourth-order valence-electron chi connectivity index (χ4n) is 4.20. The van der Waals surface area contributed by atoms with Gasteiger partial charge in [0.2, 0.25) is 5.91 Å². The van der Waals surface area contributed by atoms with Gasteiger partial charge < -0.3 is 4.90 Å². The maximum atomic E-state index is 12.5. The summed E-state index contributed by atoms with van der Waals surface area (Å²) in [6.45, 7) is 5.98. The van der Waals surface area contributed by atoms with Gasteiger partial charge in [-0.2, -0.15) is 0 Å². The van der Waals surface area contributed by atoms with Gasteiger partial charge in [0.25, 0.3) is 0 Å². The standard InChI is InChI=1S/C18H29N5O/c1-18(16-15(11-20-21-16)17(24)22(2)3)8-6-10-23(13-18)12-14-7-4-5-9-19-14/h4-5,7,9,15-16,20-21H,6,8,10-13H2,1-3H3. The largest absolute Gasteiger partial charge is 0.348 e. The molecule has 0 spiro atoms. The van der Waals surface area contributed by atoms with Gasteiger partial charge in [-0.3, -0.25) is 25.5 Å². The fourth-order valence-corrected chi connectivity index (χ4v) is 4.20. The van der Waals surface area contributed by atoms with Crippen LogP contribution in [0.2, 0.25) is 0 Å². The van der Waals surface area contributed by atoms with E-state index in [0.29, 0.717) is 6.54 Å². The predicted molar refractivity (Wildman–Crippen MR) is 94.0 cm³/mol. The third-order valence-corrected chi connectivity index (χ3v) is 5.41. The number of rotatable bonds is 4. The summed E-state index contributed by atoms with van der Waals surface area (Å²) in [5.74, 6) is 0.209. The molecule has 3 heterocycles. The van der Waals surface area contributed by atoms with Crippen LogP contribution >= 0.6 is 0 Å². The van der Waals surface area contributed by atoms with E-state index in [4.69, 9.17) is 0 Å². The van der Waals surface area contributed by atoms with E-state index >= 15 is 0 Å². The first-order valence-corrected chi connectivity index (χ1v) is 8.81. The van der Waals surface area contributed by atoms with Crippen LogP contribution in [0.5, 0.6) is 0 Å². The van der Waals surface area contributed by atoms with Crippen molar-refractivity contribution in [1.29, 1.82) is 0 Å². The minimum Gasteiger partial charge on any atom is -0.348 e. The normalized spacial score (nSPS) is 31.1. The second-order valence-electron chi connectivity index (χ2n) is 7.63. The number of nitrogens with one attached hydrogen (secondary N) is 2. The number of piperidine rings is 1. The van der Waals surface area contributed by atoms with Gasteiger partial charge in [0, 0.05) is 46.0 Å². The molecule has 2 aliphatic rings. The van der Waals surface area contributed by atoms with Crippen molar-refractivity contribution in [3.05, 3.63) is 30.1 Å². The quantitative estimate of drug-likeness (QED) is 0.857. The van der Waals surface area contributed by atoms with Gasteiger partial charge in [0.05, 0.1) is 11.6 Å². The van der Waals surface area contributed by atoms with E-state index in [0.717, 1.165) is 38.2 Å². The van der Waals surface area contributed by atoms with E-state index in [2.05, 4.69) is 33.7 Å². The molecule has 2 N–H and O–H groups in total. The Morgan fingerprint density at radius 1 is 1.46 bits per heavy atom. The van der Waals surface area contributed by atoms with Crippen LogP contribution in [0.15, 0.2) is 24.4 Å². The molecule has 1 aromatic rings. The molecule has 24 heavy (non-hydrogen) atoms. The minimum absolute atomic E-state index is 0.000185. The number of likely N-dealkylation sites (tertiary alicyclic amines) is 1. The van der Waals surface area contributed by atoms with Crippen molar-refractivity contribution in [2.24, 2.45) is 11.3 Å². The molecule has 1 aromatic heterocycles. The number of pyridine rings is 1. The number of hydrazine groups is 1. The number of nitrogens with zero attached hydrogens (tertiary/aromatic N) is 3. The summed E-state index contributed by atoms with van der Waals surface area (Å²) < 4.78 is 0. The first kappa shape index (κ1) is 17.3.